The van der Waals surface area contributed by atoms with Crippen LogP contribution in [0.3, 0.4) is 0 Å². The van der Waals surface area contributed by atoms with Crippen molar-refractivity contribution >= 4 is 17.5 Å². The summed E-state index contributed by atoms with van der Waals surface area (Å²) < 4.78 is 11.5. The van der Waals surface area contributed by atoms with Gasteiger partial charge in [0, 0.05) is 6.42 Å². The largest absolute Gasteiger partial charge is 0.493 e. The molecule has 0 fully saturated rings. The first-order valence-corrected chi connectivity index (χ1v) is 11.9. The minimum absolute atomic E-state index is 0.0480. The monoisotopic (exact) mass is 483 g/mol. The number of amides is 2. The summed E-state index contributed by atoms with van der Waals surface area (Å²) in [5.74, 6) is 1.50. The number of anilines is 1. The average Bonchev–Trinajstić information content (AvgIpc) is 3.28. The van der Waals surface area contributed by atoms with E-state index < -0.39 is 0 Å². The zero-order valence-electron chi connectivity index (χ0n) is 20.2. The van der Waals surface area contributed by atoms with Gasteiger partial charge in [-0.05, 0) is 43.2 Å². The van der Waals surface area contributed by atoms with Gasteiger partial charge in [0.1, 0.15) is 17.2 Å². The fourth-order valence-corrected chi connectivity index (χ4v) is 3.65. The number of nitrogens with one attached hydrogen (secondary N) is 2. The third-order valence-electron chi connectivity index (χ3n) is 5.60. The molecule has 1 aromatic heterocycles. The second-order valence-electron chi connectivity index (χ2n) is 8.29. The number of para-hydroxylation sites is 2. The molecule has 0 atom stereocenters. The van der Waals surface area contributed by atoms with Crippen LogP contribution in [0.5, 0.6) is 5.75 Å². The van der Waals surface area contributed by atoms with Gasteiger partial charge in [-0.1, -0.05) is 60.7 Å². The van der Waals surface area contributed by atoms with Crippen molar-refractivity contribution in [1.82, 2.24) is 10.3 Å². The Balaban J connectivity index is 1.32. The lowest BCUT2D eigenvalue weighted by molar-refractivity contribution is -0.121. The van der Waals surface area contributed by atoms with Gasteiger partial charge in [-0.2, -0.15) is 0 Å². The number of hydrogen-bond acceptors (Lipinski definition) is 5. The van der Waals surface area contributed by atoms with Crippen LogP contribution in [-0.2, 0) is 22.6 Å². The standard InChI is InChI=1S/C29H29N3O4/c1-21-26(20-30-27(33)17-16-22-10-4-2-5-11-22)32-29(36-21)24-14-8-9-15-25(24)31-28(34)18-19-35-23-12-6-3-7-13-23/h2-15H,16-20H2,1H3,(H,30,33)(H,31,34). The minimum Gasteiger partial charge on any atom is -0.493 e. The molecule has 0 saturated carbocycles. The summed E-state index contributed by atoms with van der Waals surface area (Å²) >= 11 is 0. The molecule has 36 heavy (non-hydrogen) atoms. The van der Waals surface area contributed by atoms with E-state index in [9.17, 15) is 9.59 Å². The highest BCUT2D eigenvalue weighted by Gasteiger charge is 2.16. The summed E-state index contributed by atoms with van der Waals surface area (Å²) in [4.78, 5) is 29.4. The predicted octanol–water partition coefficient (Wildman–Crippen LogP) is 5.31. The second kappa shape index (κ2) is 12.4. The number of aromatic nitrogens is 1. The molecule has 2 N–H and O–H groups in total. The van der Waals surface area contributed by atoms with E-state index in [4.69, 9.17) is 9.15 Å². The number of carbonyl (C=O) groups excluding carboxylic acids is 2. The molecule has 0 spiro atoms. The normalized spacial score (nSPS) is 10.6. The maximum Gasteiger partial charge on any atom is 0.228 e. The molecule has 0 aliphatic heterocycles. The summed E-state index contributed by atoms with van der Waals surface area (Å²) in [6.07, 6.45) is 1.28. The van der Waals surface area contributed by atoms with Crippen molar-refractivity contribution in [1.29, 1.82) is 0 Å². The van der Waals surface area contributed by atoms with Crippen LogP contribution in [0, 0.1) is 6.92 Å². The molecule has 7 heteroatoms. The molecule has 7 nitrogen and oxygen atoms in total. The van der Waals surface area contributed by atoms with Gasteiger partial charge in [-0.15, -0.1) is 0 Å². The van der Waals surface area contributed by atoms with E-state index in [1.807, 2.05) is 85.8 Å². The van der Waals surface area contributed by atoms with Crippen molar-refractivity contribution in [3.05, 3.63) is 102 Å². The third-order valence-corrected chi connectivity index (χ3v) is 5.60. The Bertz CT molecular complexity index is 1290. The van der Waals surface area contributed by atoms with E-state index in [0.717, 1.165) is 11.3 Å². The molecule has 184 valence electrons. The van der Waals surface area contributed by atoms with Crippen LogP contribution in [0.25, 0.3) is 11.5 Å². The molecule has 0 saturated heterocycles. The van der Waals surface area contributed by atoms with Crippen molar-refractivity contribution in [2.45, 2.75) is 32.7 Å². The molecule has 1 heterocycles. The highest BCUT2D eigenvalue weighted by Crippen LogP contribution is 2.29. The van der Waals surface area contributed by atoms with Gasteiger partial charge >= 0.3 is 0 Å². The van der Waals surface area contributed by atoms with Gasteiger partial charge in [-0.25, -0.2) is 4.98 Å². The Morgan fingerprint density at radius 1 is 0.861 bits per heavy atom. The first-order valence-electron chi connectivity index (χ1n) is 11.9. The van der Waals surface area contributed by atoms with Crippen LogP contribution in [0.4, 0.5) is 5.69 Å². The zero-order valence-corrected chi connectivity index (χ0v) is 20.2. The molecule has 0 aliphatic rings. The molecule has 0 aliphatic carbocycles. The number of aryl methyl sites for hydroxylation is 2. The highest BCUT2D eigenvalue weighted by molar-refractivity contribution is 5.94. The summed E-state index contributed by atoms with van der Waals surface area (Å²) in [5, 5.41) is 5.83. The topological polar surface area (TPSA) is 93.5 Å². The van der Waals surface area contributed by atoms with Crippen LogP contribution in [0.1, 0.15) is 29.9 Å². The average molecular weight is 484 g/mol. The van der Waals surface area contributed by atoms with E-state index in [1.54, 1.807) is 6.07 Å². The number of nitrogens with zero attached hydrogens (tertiary/aromatic N) is 1. The van der Waals surface area contributed by atoms with E-state index in [-0.39, 0.29) is 31.4 Å². The first kappa shape index (κ1) is 24.7. The Morgan fingerprint density at radius 2 is 1.56 bits per heavy atom. The number of oxazole rings is 1. The van der Waals surface area contributed by atoms with Gasteiger partial charge in [0.05, 0.1) is 30.8 Å². The molecule has 0 unspecified atom stereocenters. The maximum atomic E-state index is 12.5. The Kier molecular flexibility index (Phi) is 8.48. The number of rotatable bonds is 11. The molecular weight excluding hydrogens is 454 g/mol. The Labute approximate surface area is 210 Å². The Hall–Kier alpha value is -4.39. The molecular formula is C29H29N3O4. The van der Waals surface area contributed by atoms with Crippen LogP contribution in [0.15, 0.2) is 89.3 Å². The lowest BCUT2D eigenvalue weighted by Gasteiger charge is -2.09. The van der Waals surface area contributed by atoms with Crippen LogP contribution in [0.2, 0.25) is 0 Å². The van der Waals surface area contributed by atoms with Gasteiger partial charge in [0.15, 0.2) is 0 Å². The van der Waals surface area contributed by atoms with E-state index in [0.29, 0.717) is 41.4 Å². The van der Waals surface area contributed by atoms with E-state index in [1.165, 1.54) is 0 Å². The summed E-state index contributed by atoms with van der Waals surface area (Å²) in [6.45, 7) is 2.35. The van der Waals surface area contributed by atoms with Gasteiger partial charge in [0.2, 0.25) is 17.7 Å². The number of benzene rings is 3. The molecule has 4 rings (SSSR count). The SMILES string of the molecule is Cc1oc(-c2ccccc2NC(=O)CCOc2ccccc2)nc1CNC(=O)CCc1ccccc1. The first-order chi connectivity index (χ1) is 17.6. The Morgan fingerprint density at radius 3 is 2.33 bits per heavy atom. The van der Waals surface area contributed by atoms with E-state index >= 15 is 0 Å². The second-order valence-corrected chi connectivity index (χ2v) is 8.29. The van der Waals surface area contributed by atoms with Crippen molar-refractivity contribution in [3.63, 3.8) is 0 Å². The molecule has 2 amide bonds. The van der Waals surface area contributed by atoms with Crippen LogP contribution in [-0.4, -0.2) is 23.4 Å². The maximum absolute atomic E-state index is 12.5. The lowest BCUT2D eigenvalue weighted by Crippen LogP contribution is -2.23. The molecule has 0 radical (unpaired) electrons. The number of carbonyl (C=O) groups is 2. The number of hydrogen-bond donors (Lipinski definition) is 2. The number of ether oxygens (including phenoxy) is 1. The van der Waals surface area contributed by atoms with Crippen molar-refractivity contribution in [3.8, 4) is 17.2 Å². The quantitative estimate of drug-likeness (QED) is 0.302. The fraction of sp³-hybridized carbons (Fsp3) is 0.207. The summed E-state index contributed by atoms with van der Waals surface area (Å²) in [6, 6.07) is 26.6. The summed E-state index contributed by atoms with van der Waals surface area (Å²) in [7, 11) is 0. The van der Waals surface area contributed by atoms with Gasteiger partial charge in [0.25, 0.3) is 0 Å². The van der Waals surface area contributed by atoms with Gasteiger partial charge in [-0.3, -0.25) is 9.59 Å². The molecule has 3 aromatic carbocycles. The third kappa shape index (κ3) is 7.06. The van der Waals surface area contributed by atoms with Crippen LogP contribution < -0.4 is 15.4 Å². The highest BCUT2D eigenvalue weighted by atomic mass is 16.5. The molecule has 0 bridgehead atoms. The van der Waals surface area contributed by atoms with Gasteiger partial charge < -0.3 is 19.8 Å². The minimum atomic E-state index is -0.174. The lowest BCUT2D eigenvalue weighted by atomic mass is 10.1. The van der Waals surface area contributed by atoms with E-state index in [2.05, 4.69) is 15.6 Å². The van der Waals surface area contributed by atoms with Crippen LogP contribution >= 0.6 is 0 Å². The van der Waals surface area contributed by atoms with Crippen molar-refractivity contribution < 1.29 is 18.7 Å². The van der Waals surface area contributed by atoms with Crippen molar-refractivity contribution in [2.75, 3.05) is 11.9 Å². The van der Waals surface area contributed by atoms with Crippen molar-refractivity contribution in [2.24, 2.45) is 0 Å². The summed E-state index contributed by atoms with van der Waals surface area (Å²) in [5.41, 5.74) is 3.04. The smallest absolute Gasteiger partial charge is 0.228 e. The zero-order chi connectivity index (χ0) is 25.2. The molecule has 4 aromatic rings. The predicted molar refractivity (Wildman–Crippen MR) is 138 cm³/mol. The fourth-order valence-electron chi connectivity index (χ4n) is 3.65.